The van der Waals surface area contributed by atoms with E-state index in [1.807, 2.05) is 17.8 Å². The molecule has 102 valence electrons. The fourth-order valence-corrected chi connectivity index (χ4v) is 3.07. The number of thioether (sulfide) groups is 1. The van der Waals surface area contributed by atoms with Gasteiger partial charge in [0.2, 0.25) is 0 Å². The van der Waals surface area contributed by atoms with Gasteiger partial charge in [-0.25, -0.2) is 4.39 Å². The maximum absolute atomic E-state index is 13.3. The van der Waals surface area contributed by atoms with Gasteiger partial charge >= 0.3 is 0 Å². The summed E-state index contributed by atoms with van der Waals surface area (Å²) in [6.07, 6.45) is 1.22. The Hall–Kier alpha value is -1.02. The first kappa shape index (κ1) is 14.4. The van der Waals surface area contributed by atoms with Crippen LogP contribution in [0.15, 0.2) is 18.2 Å². The van der Waals surface area contributed by atoms with Crippen molar-refractivity contribution in [1.29, 1.82) is 0 Å². The Morgan fingerprint density at radius 3 is 3.05 bits per heavy atom. The molecule has 1 heterocycles. The molecule has 1 aliphatic heterocycles. The number of nitrogens with zero attached hydrogens (tertiary/aromatic N) is 1. The van der Waals surface area contributed by atoms with E-state index in [4.69, 9.17) is 5.73 Å². The van der Waals surface area contributed by atoms with Gasteiger partial charge in [-0.3, -0.25) is 4.90 Å². The predicted octanol–water partition coefficient (Wildman–Crippen LogP) is 2.07. The molecule has 2 nitrogen and oxygen atoms in total. The molecule has 19 heavy (non-hydrogen) atoms. The van der Waals surface area contributed by atoms with Crippen LogP contribution in [-0.4, -0.2) is 36.0 Å². The lowest BCUT2D eigenvalue weighted by Crippen LogP contribution is -2.25. The van der Waals surface area contributed by atoms with Crippen LogP contribution in [-0.2, 0) is 6.54 Å². The van der Waals surface area contributed by atoms with Gasteiger partial charge in [0.05, 0.1) is 6.54 Å². The Balaban J connectivity index is 2.13. The molecule has 1 aliphatic rings. The number of rotatable bonds is 2. The summed E-state index contributed by atoms with van der Waals surface area (Å²) < 4.78 is 13.3. The fourth-order valence-electron chi connectivity index (χ4n) is 2.15. The highest BCUT2D eigenvalue weighted by molar-refractivity contribution is 7.99. The maximum Gasteiger partial charge on any atom is 0.124 e. The lowest BCUT2D eigenvalue weighted by Gasteiger charge is -2.20. The predicted molar refractivity (Wildman–Crippen MR) is 79.6 cm³/mol. The zero-order chi connectivity index (χ0) is 13.5. The van der Waals surface area contributed by atoms with Crippen LogP contribution in [0.3, 0.4) is 0 Å². The largest absolute Gasteiger partial charge is 0.320 e. The second-order valence-electron chi connectivity index (χ2n) is 4.55. The van der Waals surface area contributed by atoms with Crippen LogP contribution < -0.4 is 5.73 Å². The summed E-state index contributed by atoms with van der Waals surface area (Å²) in [5, 5.41) is 0. The van der Waals surface area contributed by atoms with Crippen LogP contribution in [0, 0.1) is 17.7 Å². The first-order valence-corrected chi connectivity index (χ1v) is 7.72. The van der Waals surface area contributed by atoms with Crippen molar-refractivity contribution >= 4 is 11.8 Å². The van der Waals surface area contributed by atoms with Gasteiger partial charge in [-0.05, 0) is 36.4 Å². The molecule has 4 heteroatoms. The monoisotopic (exact) mass is 278 g/mol. The summed E-state index contributed by atoms with van der Waals surface area (Å²) in [4.78, 5) is 2.42. The zero-order valence-corrected chi connectivity index (χ0v) is 11.8. The number of hydrogen-bond acceptors (Lipinski definition) is 3. The quantitative estimate of drug-likeness (QED) is 0.840. The number of benzene rings is 1. The van der Waals surface area contributed by atoms with E-state index in [0.29, 0.717) is 6.54 Å². The molecule has 0 aromatic heterocycles. The highest BCUT2D eigenvalue weighted by atomic mass is 32.2. The van der Waals surface area contributed by atoms with Crippen molar-refractivity contribution in [2.75, 3.05) is 31.1 Å². The minimum Gasteiger partial charge on any atom is -0.320 e. The zero-order valence-electron chi connectivity index (χ0n) is 11.0. The van der Waals surface area contributed by atoms with Gasteiger partial charge in [0.1, 0.15) is 5.82 Å². The van der Waals surface area contributed by atoms with Gasteiger partial charge in [0.25, 0.3) is 0 Å². The molecule has 0 bridgehead atoms. The van der Waals surface area contributed by atoms with Crippen LogP contribution in [0.25, 0.3) is 0 Å². The van der Waals surface area contributed by atoms with Crippen molar-refractivity contribution < 1.29 is 4.39 Å². The maximum atomic E-state index is 13.3. The Morgan fingerprint density at radius 1 is 1.32 bits per heavy atom. The smallest absolute Gasteiger partial charge is 0.124 e. The van der Waals surface area contributed by atoms with E-state index in [1.165, 1.54) is 30.1 Å². The first-order chi connectivity index (χ1) is 9.29. The lowest BCUT2D eigenvalue weighted by atomic mass is 10.1. The molecule has 2 rings (SSSR count). The van der Waals surface area contributed by atoms with E-state index >= 15 is 0 Å². The average molecular weight is 278 g/mol. The molecule has 0 aliphatic carbocycles. The van der Waals surface area contributed by atoms with Crippen molar-refractivity contribution in [2.45, 2.75) is 13.0 Å². The van der Waals surface area contributed by atoms with E-state index in [0.717, 1.165) is 30.8 Å². The minimum atomic E-state index is -0.239. The number of hydrogen-bond donors (Lipinski definition) is 1. The molecule has 0 radical (unpaired) electrons. The Labute approximate surface area is 118 Å². The van der Waals surface area contributed by atoms with Gasteiger partial charge in [0, 0.05) is 24.4 Å². The van der Waals surface area contributed by atoms with E-state index in [9.17, 15) is 4.39 Å². The van der Waals surface area contributed by atoms with Crippen LogP contribution in [0.2, 0.25) is 0 Å². The Kier molecular flexibility index (Phi) is 5.71. The van der Waals surface area contributed by atoms with E-state index in [1.54, 1.807) is 0 Å². The Morgan fingerprint density at radius 2 is 2.21 bits per heavy atom. The normalized spacial score (nSPS) is 16.5. The average Bonchev–Trinajstić information content (AvgIpc) is 2.67. The second kappa shape index (κ2) is 7.54. The van der Waals surface area contributed by atoms with Crippen molar-refractivity contribution in [3.8, 4) is 11.8 Å². The molecule has 1 aromatic rings. The molecule has 2 N–H and O–H groups in total. The molecule has 0 spiro atoms. The Bertz CT molecular complexity index is 471. The third-order valence-electron chi connectivity index (χ3n) is 3.11. The van der Waals surface area contributed by atoms with Gasteiger partial charge in [-0.2, -0.15) is 11.8 Å². The number of nitrogens with two attached hydrogens (primary N) is 1. The van der Waals surface area contributed by atoms with Crippen molar-refractivity contribution in [3.05, 3.63) is 35.1 Å². The fraction of sp³-hybridized carbons (Fsp3) is 0.467. The van der Waals surface area contributed by atoms with Crippen molar-refractivity contribution in [3.63, 3.8) is 0 Å². The van der Waals surface area contributed by atoms with Crippen LogP contribution in [0.5, 0.6) is 0 Å². The SMILES string of the molecule is NCC#Cc1cc(F)ccc1CN1CCCSCC1. The topological polar surface area (TPSA) is 29.3 Å². The second-order valence-corrected chi connectivity index (χ2v) is 5.77. The van der Waals surface area contributed by atoms with Crippen molar-refractivity contribution in [2.24, 2.45) is 5.73 Å². The summed E-state index contributed by atoms with van der Waals surface area (Å²) >= 11 is 2.00. The molecular formula is C15H19FN2S. The summed E-state index contributed by atoms with van der Waals surface area (Å²) in [5.74, 6) is 7.95. The van der Waals surface area contributed by atoms with E-state index in [2.05, 4.69) is 16.7 Å². The molecule has 1 aromatic carbocycles. The third-order valence-corrected chi connectivity index (χ3v) is 4.15. The molecule has 0 unspecified atom stereocenters. The summed E-state index contributed by atoms with van der Waals surface area (Å²) in [5.41, 5.74) is 7.25. The van der Waals surface area contributed by atoms with Crippen LogP contribution in [0.4, 0.5) is 4.39 Å². The highest BCUT2D eigenvalue weighted by Gasteiger charge is 2.11. The lowest BCUT2D eigenvalue weighted by molar-refractivity contribution is 0.287. The molecule has 0 atom stereocenters. The molecule has 0 amide bonds. The van der Waals surface area contributed by atoms with Crippen molar-refractivity contribution in [1.82, 2.24) is 4.90 Å². The summed E-state index contributed by atoms with van der Waals surface area (Å²) in [6.45, 7) is 3.34. The molecule has 1 saturated heterocycles. The standard InChI is InChI=1S/C15H19FN2S/c16-15-5-4-14(13(11-15)3-1-6-17)12-18-7-2-9-19-10-8-18/h4-5,11H,2,6-10,12,17H2. The van der Waals surface area contributed by atoms with Crippen LogP contribution in [0.1, 0.15) is 17.5 Å². The summed E-state index contributed by atoms with van der Waals surface area (Å²) in [7, 11) is 0. The molecular weight excluding hydrogens is 259 g/mol. The van der Waals surface area contributed by atoms with Gasteiger partial charge in [-0.1, -0.05) is 17.9 Å². The number of halogens is 1. The third kappa shape index (κ3) is 4.54. The van der Waals surface area contributed by atoms with Gasteiger partial charge in [-0.15, -0.1) is 0 Å². The van der Waals surface area contributed by atoms with E-state index in [-0.39, 0.29) is 5.82 Å². The van der Waals surface area contributed by atoms with E-state index < -0.39 is 0 Å². The molecule has 1 fully saturated rings. The van der Waals surface area contributed by atoms with Gasteiger partial charge < -0.3 is 5.73 Å². The highest BCUT2D eigenvalue weighted by Crippen LogP contribution is 2.16. The summed E-state index contributed by atoms with van der Waals surface area (Å²) in [6, 6.07) is 4.86. The first-order valence-electron chi connectivity index (χ1n) is 6.57. The molecule has 0 saturated carbocycles. The minimum absolute atomic E-state index is 0.239. The van der Waals surface area contributed by atoms with Gasteiger partial charge in [0.15, 0.2) is 0 Å². The van der Waals surface area contributed by atoms with Crippen LogP contribution >= 0.6 is 11.8 Å².